The van der Waals surface area contributed by atoms with Gasteiger partial charge >= 0.3 is 0 Å². The van der Waals surface area contributed by atoms with E-state index >= 15 is 0 Å². The van der Waals surface area contributed by atoms with Crippen LogP contribution in [0, 0.1) is 11.8 Å². The highest BCUT2D eigenvalue weighted by Gasteiger charge is 2.45. The van der Waals surface area contributed by atoms with Gasteiger partial charge in [-0.15, -0.1) is 0 Å². The molecule has 1 saturated carbocycles. The first kappa shape index (κ1) is 7.56. The van der Waals surface area contributed by atoms with Gasteiger partial charge in [-0.25, -0.2) is 5.01 Å². The molecule has 2 aliphatic rings. The van der Waals surface area contributed by atoms with Crippen LogP contribution in [-0.4, -0.2) is 24.6 Å². The maximum Gasteiger partial charge on any atom is 0.0275 e. The fourth-order valence-corrected chi connectivity index (χ4v) is 2.66. The van der Waals surface area contributed by atoms with Crippen LogP contribution >= 0.6 is 0 Å². The fourth-order valence-electron chi connectivity index (χ4n) is 2.66. The fraction of sp³-hybridized carbons (Fsp3) is 1.00. The van der Waals surface area contributed by atoms with E-state index in [4.69, 9.17) is 0 Å². The summed E-state index contributed by atoms with van der Waals surface area (Å²) in [5.41, 5.74) is 3.29. The lowest BCUT2D eigenvalue weighted by Crippen LogP contribution is -2.45. The summed E-state index contributed by atoms with van der Waals surface area (Å²) in [5, 5.41) is 2.43. The first-order valence-corrected chi connectivity index (χ1v) is 4.80. The van der Waals surface area contributed by atoms with Gasteiger partial charge in [-0.2, -0.15) is 0 Å². The highest BCUT2D eigenvalue weighted by atomic mass is 15.5. The van der Waals surface area contributed by atoms with Gasteiger partial charge in [-0.05, 0) is 31.7 Å². The summed E-state index contributed by atoms with van der Waals surface area (Å²) < 4.78 is 0. The van der Waals surface area contributed by atoms with Gasteiger partial charge in [0.25, 0.3) is 0 Å². The van der Waals surface area contributed by atoms with Crippen molar-refractivity contribution >= 4 is 0 Å². The van der Waals surface area contributed by atoms with Crippen molar-refractivity contribution in [2.24, 2.45) is 11.8 Å². The van der Waals surface area contributed by atoms with Crippen LogP contribution in [0.15, 0.2) is 0 Å². The standard InChI is InChI=1S/C9H18N2/c1-3-7-6-11(10-2)9-5-4-8(7)9/h7-10H,3-6H2,1-2H3. The minimum atomic E-state index is 0.880. The lowest BCUT2D eigenvalue weighted by Gasteiger charge is -2.36. The van der Waals surface area contributed by atoms with Crippen LogP contribution in [-0.2, 0) is 0 Å². The van der Waals surface area contributed by atoms with E-state index in [1.165, 1.54) is 25.8 Å². The van der Waals surface area contributed by atoms with Crippen LogP contribution in [0.2, 0.25) is 0 Å². The molecular weight excluding hydrogens is 136 g/mol. The molecule has 0 radical (unpaired) electrons. The summed E-state index contributed by atoms with van der Waals surface area (Å²) in [4.78, 5) is 0. The molecule has 1 aliphatic carbocycles. The number of hydrazine groups is 1. The van der Waals surface area contributed by atoms with Gasteiger partial charge in [-0.3, -0.25) is 5.43 Å². The molecule has 0 aromatic carbocycles. The first-order chi connectivity index (χ1) is 5.36. The summed E-state index contributed by atoms with van der Waals surface area (Å²) in [6, 6.07) is 0.880. The predicted molar refractivity (Wildman–Crippen MR) is 46.1 cm³/mol. The Bertz CT molecular complexity index is 121. The second-order valence-electron chi connectivity index (χ2n) is 3.85. The lowest BCUT2D eigenvalue weighted by atomic mass is 9.74. The molecule has 0 aromatic rings. The largest absolute Gasteiger partial charge is 0.258 e. The topological polar surface area (TPSA) is 15.3 Å². The summed E-state index contributed by atoms with van der Waals surface area (Å²) in [6.45, 7) is 3.60. The summed E-state index contributed by atoms with van der Waals surface area (Å²) in [7, 11) is 2.05. The Kier molecular flexibility index (Phi) is 1.90. The van der Waals surface area contributed by atoms with Crippen LogP contribution in [0.4, 0.5) is 0 Å². The van der Waals surface area contributed by atoms with Crippen molar-refractivity contribution in [3.8, 4) is 0 Å². The van der Waals surface area contributed by atoms with Gasteiger partial charge in [0.05, 0.1) is 0 Å². The molecule has 2 nitrogen and oxygen atoms in total. The third-order valence-corrected chi connectivity index (χ3v) is 3.54. The third-order valence-electron chi connectivity index (χ3n) is 3.54. The molecular formula is C9H18N2. The van der Waals surface area contributed by atoms with Crippen molar-refractivity contribution in [1.82, 2.24) is 10.4 Å². The van der Waals surface area contributed by atoms with E-state index in [1.807, 2.05) is 7.05 Å². The molecule has 0 spiro atoms. The maximum atomic E-state index is 3.29. The first-order valence-electron chi connectivity index (χ1n) is 4.80. The van der Waals surface area contributed by atoms with Gasteiger partial charge in [0, 0.05) is 12.6 Å². The summed E-state index contributed by atoms with van der Waals surface area (Å²) >= 11 is 0. The molecule has 2 rings (SSSR count). The molecule has 2 heteroatoms. The second-order valence-corrected chi connectivity index (χ2v) is 3.85. The molecule has 0 amide bonds. The summed E-state index contributed by atoms with van der Waals surface area (Å²) in [5.74, 6) is 1.99. The van der Waals surface area contributed by atoms with E-state index in [2.05, 4.69) is 17.4 Å². The maximum absolute atomic E-state index is 3.29. The minimum Gasteiger partial charge on any atom is -0.258 e. The lowest BCUT2D eigenvalue weighted by molar-refractivity contribution is 0.0995. The average molecular weight is 154 g/mol. The van der Waals surface area contributed by atoms with Crippen LogP contribution in [0.1, 0.15) is 26.2 Å². The highest BCUT2D eigenvalue weighted by molar-refractivity contribution is 4.97. The Hall–Kier alpha value is -0.0800. The van der Waals surface area contributed by atoms with Crippen molar-refractivity contribution < 1.29 is 0 Å². The number of hydrogen-bond donors (Lipinski definition) is 1. The SMILES string of the molecule is CCC1CN(NC)C2CCC12. The van der Waals surface area contributed by atoms with E-state index < -0.39 is 0 Å². The highest BCUT2D eigenvalue weighted by Crippen LogP contribution is 2.43. The van der Waals surface area contributed by atoms with Crippen molar-refractivity contribution in [3.05, 3.63) is 0 Å². The molecule has 1 aliphatic heterocycles. The van der Waals surface area contributed by atoms with E-state index in [-0.39, 0.29) is 0 Å². The van der Waals surface area contributed by atoms with E-state index in [9.17, 15) is 0 Å². The van der Waals surface area contributed by atoms with Crippen LogP contribution in [0.25, 0.3) is 0 Å². The molecule has 3 atom stereocenters. The molecule has 1 heterocycles. The number of hydrogen-bond acceptors (Lipinski definition) is 2. The number of rotatable bonds is 2. The Morgan fingerprint density at radius 2 is 2.27 bits per heavy atom. The van der Waals surface area contributed by atoms with Crippen molar-refractivity contribution in [2.45, 2.75) is 32.2 Å². The van der Waals surface area contributed by atoms with Gasteiger partial charge in [0.15, 0.2) is 0 Å². The monoisotopic (exact) mass is 154 g/mol. The minimum absolute atomic E-state index is 0.880. The van der Waals surface area contributed by atoms with Crippen LogP contribution in [0.5, 0.6) is 0 Å². The van der Waals surface area contributed by atoms with Gasteiger partial charge < -0.3 is 0 Å². The zero-order chi connectivity index (χ0) is 7.84. The Morgan fingerprint density at radius 3 is 2.55 bits per heavy atom. The Morgan fingerprint density at radius 1 is 1.45 bits per heavy atom. The second kappa shape index (κ2) is 2.76. The van der Waals surface area contributed by atoms with Gasteiger partial charge in [-0.1, -0.05) is 13.3 Å². The molecule has 64 valence electrons. The van der Waals surface area contributed by atoms with Gasteiger partial charge in [0.2, 0.25) is 0 Å². The van der Waals surface area contributed by atoms with Crippen molar-refractivity contribution in [2.75, 3.05) is 13.6 Å². The molecule has 1 N–H and O–H groups in total. The quantitative estimate of drug-likeness (QED) is 0.644. The molecule has 1 saturated heterocycles. The van der Waals surface area contributed by atoms with E-state index in [0.717, 1.165) is 17.9 Å². The average Bonchev–Trinajstić information content (AvgIpc) is 2.21. The zero-order valence-electron chi connectivity index (χ0n) is 7.51. The van der Waals surface area contributed by atoms with Crippen molar-refractivity contribution in [1.29, 1.82) is 0 Å². The number of nitrogens with zero attached hydrogens (tertiary/aromatic N) is 1. The molecule has 0 aromatic heterocycles. The third kappa shape index (κ3) is 1.00. The Labute approximate surface area is 68.9 Å². The zero-order valence-corrected chi connectivity index (χ0v) is 7.51. The van der Waals surface area contributed by atoms with E-state index in [0.29, 0.717) is 0 Å². The Balaban J connectivity index is 1.99. The smallest absolute Gasteiger partial charge is 0.0275 e. The van der Waals surface area contributed by atoms with Crippen molar-refractivity contribution in [3.63, 3.8) is 0 Å². The van der Waals surface area contributed by atoms with Crippen LogP contribution < -0.4 is 5.43 Å². The molecule has 2 fully saturated rings. The molecule has 3 unspecified atom stereocenters. The predicted octanol–water partition coefficient (Wildman–Crippen LogP) is 1.24. The molecule has 0 bridgehead atoms. The number of nitrogens with one attached hydrogen (secondary N) is 1. The normalized spacial score (nSPS) is 43.6. The van der Waals surface area contributed by atoms with Gasteiger partial charge in [0.1, 0.15) is 0 Å². The molecule has 11 heavy (non-hydrogen) atoms. The number of fused-ring (bicyclic) bond motifs is 1. The van der Waals surface area contributed by atoms with E-state index in [1.54, 1.807) is 0 Å². The summed E-state index contributed by atoms with van der Waals surface area (Å²) in [6.07, 6.45) is 4.25. The van der Waals surface area contributed by atoms with Crippen LogP contribution in [0.3, 0.4) is 0 Å².